The van der Waals surface area contributed by atoms with Gasteiger partial charge in [0.25, 0.3) is 5.91 Å². The molecule has 4 aromatic rings. The van der Waals surface area contributed by atoms with Crippen LogP contribution in [-0.4, -0.2) is 38.3 Å². The number of hydrogen-bond acceptors (Lipinski definition) is 3. The van der Waals surface area contributed by atoms with E-state index >= 15 is 0 Å². The third kappa shape index (κ3) is 3.71. The number of carbonyl (C=O) groups is 1. The molecular weight excluding hydrogens is 372 g/mol. The molecule has 3 aromatic heterocycles. The van der Waals surface area contributed by atoms with Crippen molar-refractivity contribution in [2.75, 3.05) is 13.1 Å². The fourth-order valence-electron chi connectivity index (χ4n) is 4.32. The lowest BCUT2D eigenvalue weighted by Crippen LogP contribution is -2.38. The van der Waals surface area contributed by atoms with E-state index in [9.17, 15) is 4.79 Å². The predicted octanol–water partition coefficient (Wildman–Crippen LogP) is 4.34. The van der Waals surface area contributed by atoms with Gasteiger partial charge in [0.05, 0.1) is 5.56 Å². The number of likely N-dealkylation sites (tertiary alicyclic amines) is 1. The van der Waals surface area contributed by atoms with Gasteiger partial charge in [-0.3, -0.25) is 9.78 Å². The van der Waals surface area contributed by atoms with Crippen LogP contribution in [0.25, 0.3) is 5.65 Å². The first-order valence-electron chi connectivity index (χ1n) is 10.5. The van der Waals surface area contributed by atoms with Crippen LogP contribution in [0.2, 0.25) is 0 Å². The molecule has 1 aromatic carbocycles. The number of imidazole rings is 1. The number of benzene rings is 1. The predicted molar refractivity (Wildman–Crippen MR) is 117 cm³/mol. The van der Waals surface area contributed by atoms with Gasteiger partial charge in [0.15, 0.2) is 0 Å². The number of nitrogens with zero attached hydrogens (tertiary/aromatic N) is 4. The lowest BCUT2D eigenvalue weighted by molar-refractivity contribution is 0.0711. The number of hydrogen-bond donors (Lipinski definition) is 0. The molecule has 0 unspecified atom stereocenters. The summed E-state index contributed by atoms with van der Waals surface area (Å²) in [4.78, 5) is 23.8. The molecule has 5 heteroatoms. The van der Waals surface area contributed by atoms with E-state index in [1.54, 1.807) is 6.20 Å². The molecule has 0 N–H and O–H groups in total. The maximum Gasteiger partial charge on any atom is 0.255 e. The highest BCUT2D eigenvalue weighted by atomic mass is 16.2. The Morgan fingerprint density at radius 1 is 0.933 bits per heavy atom. The molecule has 30 heavy (non-hydrogen) atoms. The highest BCUT2D eigenvalue weighted by Crippen LogP contribution is 2.29. The maximum atomic E-state index is 13.0. The molecule has 0 bridgehead atoms. The molecule has 0 atom stereocenters. The standard InChI is InChI=1S/C25H24N4O/c30-25(21-9-10-22(27-18-21)17-19-5-2-1-3-6-19)28-14-11-20(12-15-28)23-7-4-8-24-26-13-16-29(23)24/h1-10,13,16,18,20H,11-12,14-15,17H2. The Morgan fingerprint density at radius 3 is 2.53 bits per heavy atom. The monoisotopic (exact) mass is 396 g/mol. The van der Waals surface area contributed by atoms with Crippen molar-refractivity contribution in [1.29, 1.82) is 0 Å². The first-order valence-corrected chi connectivity index (χ1v) is 10.5. The van der Waals surface area contributed by atoms with E-state index in [2.05, 4.69) is 38.6 Å². The Hall–Kier alpha value is -3.47. The van der Waals surface area contributed by atoms with Gasteiger partial charge in [-0.05, 0) is 42.7 Å². The van der Waals surface area contributed by atoms with Crippen molar-refractivity contribution in [3.63, 3.8) is 0 Å². The van der Waals surface area contributed by atoms with Crippen molar-refractivity contribution in [2.24, 2.45) is 0 Å². The second kappa shape index (κ2) is 8.11. The third-order valence-electron chi connectivity index (χ3n) is 5.96. The van der Waals surface area contributed by atoms with Gasteiger partial charge >= 0.3 is 0 Å². The largest absolute Gasteiger partial charge is 0.339 e. The molecule has 1 aliphatic heterocycles. The lowest BCUT2D eigenvalue weighted by Gasteiger charge is -2.32. The van der Waals surface area contributed by atoms with Crippen molar-refractivity contribution in [1.82, 2.24) is 19.3 Å². The Bertz CT molecular complexity index is 1140. The van der Waals surface area contributed by atoms with Crippen molar-refractivity contribution < 1.29 is 4.79 Å². The van der Waals surface area contributed by atoms with Crippen molar-refractivity contribution >= 4 is 11.6 Å². The van der Waals surface area contributed by atoms with Gasteiger partial charge in [0.1, 0.15) is 5.65 Å². The third-order valence-corrected chi connectivity index (χ3v) is 5.96. The normalized spacial score (nSPS) is 14.9. The summed E-state index contributed by atoms with van der Waals surface area (Å²) in [6.07, 6.45) is 8.28. The van der Waals surface area contributed by atoms with Crippen LogP contribution in [0.1, 0.15) is 46.1 Å². The minimum absolute atomic E-state index is 0.0769. The molecular formula is C25H24N4O. The zero-order valence-electron chi connectivity index (χ0n) is 16.8. The Morgan fingerprint density at radius 2 is 1.77 bits per heavy atom. The van der Waals surface area contributed by atoms with Gasteiger partial charge in [0.2, 0.25) is 0 Å². The van der Waals surface area contributed by atoms with Gasteiger partial charge in [-0.25, -0.2) is 4.98 Å². The number of fused-ring (bicyclic) bond motifs is 1. The van der Waals surface area contributed by atoms with Gasteiger partial charge in [-0.2, -0.15) is 0 Å². The van der Waals surface area contributed by atoms with Crippen molar-refractivity contribution in [3.8, 4) is 0 Å². The number of pyridine rings is 2. The van der Waals surface area contributed by atoms with E-state index in [0.29, 0.717) is 11.5 Å². The molecule has 1 fully saturated rings. The SMILES string of the molecule is O=C(c1ccc(Cc2ccccc2)nc1)N1CCC(c2cccc3nccn23)CC1. The van der Waals surface area contributed by atoms with Crippen molar-refractivity contribution in [2.45, 2.75) is 25.2 Å². The molecule has 0 radical (unpaired) electrons. The van der Waals surface area contributed by atoms with Gasteiger partial charge in [0, 0.05) is 55.4 Å². The minimum Gasteiger partial charge on any atom is -0.339 e. The molecule has 0 saturated carbocycles. The summed E-state index contributed by atoms with van der Waals surface area (Å²) in [5.74, 6) is 0.520. The number of carbonyl (C=O) groups excluding carboxylic acids is 1. The summed E-state index contributed by atoms with van der Waals surface area (Å²) >= 11 is 0. The Kier molecular flexibility index (Phi) is 5.01. The van der Waals surface area contributed by atoms with Crippen LogP contribution in [0, 0.1) is 0 Å². The Labute approximate surface area is 176 Å². The fraction of sp³-hybridized carbons (Fsp3) is 0.240. The summed E-state index contributed by atoms with van der Waals surface area (Å²) in [5.41, 5.74) is 5.13. The van der Waals surface area contributed by atoms with Gasteiger partial charge < -0.3 is 9.30 Å². The first kappa shape index (κ1) is 18.6. The van der Waals surface area contributed by atoms with E-state index in [4.69, 9.17) is 0 Å². The van der Waals surface area contributed by atoms with Crippen LogP contribution >= 0.6 is 0 Å². The molecule has 1 aliphatic rings. The lowest BCUT2D eigenvalue weighted by atomic mass is 9.92. The number of aromatic nitrogens is 3. The van der Waals surface area contributed by atoms with Crippen LogP contribution < -0.4 is 0 Å². The average molecular weight is 396 g/mol. The first-order chi connectivity index (χ1) is 14.8. The summed E-state index contributed by atoms with van der Waals surface area (Å²) in [7, 11) is 0. The molecule has 150 valence electrons. The molecule has 1 amide bonds. The van der Waals surface area contributed by atoms with E-state index in [1.165, 1.54) is 11.3 Å². The molecule has 4 heterocycles. The average Bonchev–Trinajstić information content (AvgIpc) is 3.29. The van der Waals surface area contributed by atoms with E-state index in [0.717, 1.165) is 43.7 Å². The minimum atomic E-state index is 0.0769. The summed E-state index contributed by atoms with van der Waals surface area (Å²) in [5, 5.41) is 0. The van der Waals surface area contributed by atoms with E-state index in [1.807, 2.05) is 53.7 Å². The summed E-state index contributed by atoms with van der Waals surface area (Å²) < 4.78 is 2.16. The summed E-state index contributed by atoms with van der Waals surface area (Å²) in [6, 6.07) is 20.4. The zero-order valence-corrected chi connectivity index (χ0v) is 16.8. The maximum absolute atomic E-state index is 13.0. The van der Waals surface area contributed by atoms with E-state index in [-0.39, 0.29) is 5.91 Å². The summed E-state index contributed by atoms with van der Waals surface area (Å²) in [6.45, 7) is 1.53. The topological polar surface area (TPSA) is 50.5 Å². The van der Waals surface area contributed by atoms with Gasteiger partial charge in [-0.15, -0.1) is 0 Å². The van der Waals surface area contributed by atoms with Crippen LogP contribution in [0.3, 0.4) is 0 Å². The zero-order chi connectivity index (χ0) is 20.3. The molecule has 0 aliphatic carbocycles. The Balaban J connectivity index is 1.23. The highest BCUT2D eigenvalue weighted by Gasteiger charge is 2.26. The van der Waals surface area contributed by atoms with Crippen molar-refractivity contribution in [3.05, 3.63) is 102 Å². The fourth-order valence-corrected chi connectivity index (χ4v) is 4.32. The quantitative estimate of drug-likeness (QED) is 0.516. The van der Waals surface area contributed by atoms with Crippen LogP contribution in [0.4, 0.5) is 0 Å². The second-order valence-corrected chi connectivity index (χ2v) is 7.87. The van der Waals surface area contributed by atoms with Crippen LogP contribution in [0.5, 0.6) is 0 Å². The molecule has 5 nitrogen and oxygen atoms in total. The van der Waals surface area contributed by atoms with Crippen LogP contribution in [0.15, 0.2) is 79.3 Å². The highest BCUT2D eigenvalue weighted by molar-refractivity contribution is 5.94. The smallest absolute Gasteiger partial charge is 0.255 e. The number of amides is 1. The number of rotatable bonds is 4. The van der Waals surface area contributed by atoms with E-state index < -0.39 is 0 Å². The molecule has 5 rings (SSSR count). The van der Waals surface area contributed by atoms with Crippen LogP contribution in [-0.2, 0) is 6.42 Å². The second-order valence-electron chi connectivity index (χ2n) is 7.87. The number of piperidine rings is 1. The molecule has 1 saturated heterocycles. The molecule has 0 spiro atoms. The van der Waals surface area contributed by atoms with Gasteiger partial charge in [-0.1, -0.05) is 36.4 Å².